The number of methoxy groups -OCH3 is 1. The Labute approximate surface area is 205 Å². The van der Waals surface area contributed by atoms with E-state index in [0.717, 1.165) is 24.2 Å². The number of piperazine rings is 1. The molecular formula is C25H25F3N2O6. The van der Waals surface area contributed by atoms with Crippen LogP contribution in [0.5, 0.6) is 5.75 Å². The van der Waals surface area contributed by atoms with E-state index in [1.165, 1.54) is 29.2 Å². The zero-order valence-corrected chi connectivity index (χ0v) is 19.6. The van der Waals surface area contributed by atoms with Crippen molar-refractivity contribution in [3.8, 4) is 16.9 Å². The Morgan fingerprint density at radius 3 is 2.47 bits per heavy atom. The molecule has 0 radical (unpaired) electrons. The number of para-hydroxylation sites is 1. The van der Waals surface area contributed by atoms with Gasteiger partial charge < -0.3 is 24.4 Å². The largest absolute Gasteiger partial charge is 0.493 e. The summed E-state index contributed by atoms with van der Waals surface area (Å²) in [4.78, 5) is 38.7. The molecule has 1 unspecified atom stereocenters. The minimum Gasteiger partial charge on any atom is -0.493 e. The highest BCUT2D eigenvalue weighted by Crippen LogP contribution is 2.42. The van der Waals surface area contributed by atoms with Crippen LogP contribution in [0.25, 0.3) is 17.2 Å². The van der Waals surface area contributed by atoms with Gasteiger partial charge in [-0.3, -0.25) is 4.79 Å². The van der Waals surface area contributed by atoms with Crippen LogP contribution in [-0.2, 0) is 20.5 Å². The Kier molecular flexibility index (Phi) is 8.23. The monoisotopic (exact) mass is 506 g/mol. The normalized spacial score (nSPS) is 16.2. The van der Waals surface area contributed by atoms with Crippen LogP contribution in [0, 0.1) is 0 Å². The molecule has 1 atom stereocenters. The summed E-state index contributed by atoms with van der Waals surface area (Å²) in [5.74, 6) is -1.79. The van der Waals surface area contributed by atoms with E-state index < -0.39 is 35.8 Å². The van der Waals surface area contributed by atoms with Crippen molar-refractivity contribution < 1.29 is 42.1 Å². The minimum atomic E-state index is -4.68. The first-order chi connectivity index (χ1) is 17.1. The quantitative estimate of drug-likeness (QED) is 0.592. The van der Waals surface area contributed by atoms with Crippen molar-refractivity contribution in [3.63, 3.8) is 0 Å². The second-order valence-corrected chi connectivity index (χ2v) is 7.83. The molecule has 0 bridgehead atoms. The van der Waals surface area contributed by atoms with Crippen molar-refractivity contribution in [2.75, 3.05) is 33.4 Å². The van der Waals surface area contributed by atoms with Gasteiger partial charge in [0, 0.05) is 30.3 Å². The molecule has 1 saturated heterocycles. The van der Waals surface area contributed by atoms with Gasteiger partial charge in [0.15, 0.2) is 0 Å². The molecule has 0 saturated carbocycles. The number of halogens is 3. The predicted molar refractivity (Wildman–Crippen MR) is 124 cm³/mol. The molecule has 1 fully saturated rings. The number of amides is 2. The van der Waals surface area contributed by atoms with Crippen LogP contribution in [0.2, 0.25) is 0 Å². The molecule has 2 aromatic carbocycles. The van der Waals surface area contributed by atoms with E-state index in [-0.39, 0.29) is 48.7 Å². The van der Waals surface area contributed by atoms with Gasteiger partial charge in [-0.25, -0.2) is 9.59 Å². The third-order valence-corrected chi connectivity index (χ3v) is 5.65. The van der Waals surface area contributed by atoms with Gasteiger partial charge in [-0.2, -0.15) is 13.2 Å². The van der Waals surface area contributed by atoms with Gasteiger partial charge in [-0.15, -0.1) is 0 Å². The maximum atomic E-state index is 13.9. The van der Waals surface area contributed by atoms with E-state index in [2.05, 4.69) is 4.74 Å². The van der Waals surface area contributed by atoms with Gasteiger partial charge in [-0.1, -0.05) is 30.3 Å². The van der Waals surface area contributed by atoms with E-state index in [0.29, 0.717) is 0 Å². The zero-order chi connectivity index (χ0) is 26.5. The van der Waals surface area contributed by atoms with E-state index in [4.69, 9.17) is 4.74 Å². The smallest absolute Gasteiger partial charge is 0.417 e. The van der Waals surface area contributed by atoms with Crippen LogP contribution in [0.3, 0.4) is 0 Å². The number of carbonyl (C=O) groups is 3. The topological polar surface area (TPSA) is 96.4 Å². The number of aliphatic carboxylic acids is 1. The number of alkyl halides is 3. The van der Waals surface area contributed by atoms with Crippen LogP contribution >= 0.6 is 0 Å². The number of carbonyl (C=O) groups excluding carboxylic acids is 2. The summed E-state index contributed by atoms with van der Waals surface area (Å²) < 4.78 is 52.0. The fourth-order valence-electron chi connectivity index (χ4n) is 4.01. The molecule has 0 aromatic heterocycles. The van der Waals surface area contributed by atoms with Crippen molar-refractivity contribution in [2.24, 2.45) is 0 Å². The number of carboxylic acids is 1. The van der Waals surface area contributed by atoms with Gasteiger partial charge in [0.05, 0.1) is 25.8 Å². The summed E-state index contributed by atoms with van der Waals surface area (Å²) in [7, 11) is 1.16. The Bertz CT molecular complexity index is 1160. The average molecular weight is 506 g/mol. The standard InChI is InChI=1S/C25H25F3N2O6/c1-3-36-20-10-5-4-8-17(20)22-16(7-6-9-18(22)25(26,27)28)11-12-21(31)30-14-13-29(24(34)35-2)15-19(30)23(32)33/h4-12,19H,3,13-15H2,1-2H3,(H,32,33)/b12-11+. The highest BCUT2D eigenvalue weighted by molar-refractivity contribution is 5.96. The van der Waals surface area contributed by atoms with Gasteiger partial charge in [0.1, 0.15) is 11.8 Å². The Morgan fingerprint density at radius 1 is 1.11 bits per heavy atom. The van der Waals surface area contributed by atoms with Crippen LogP contribution in [0.4, 0.5) is 18.0 Å². The summed E-state index contributed by atoms with van der Waals surface area (Å²) in [6, 6.07) is 8.56. The molecule has 8 nitrogen and oxygen atoms in total. The molecule has 2 amide bonds. The fraction of sp³-hybridized carbons (Fsp3) is 0.320. The number of nitrogens with zero attached hydrogens (tertiary/aromatic N) is 2. The molecule has 36 heavy (non-hydrogen) atoms. The molecule has 2 aromatic rings. The van der Waals surface area contributed by atoms with E-state index in [9.17, 15) is 32.7 Å². The third kappa shape index (κ3) is 5.78. The summed E-state index contributed by atoms with van der Waals surface area (Å²) in [5, 5.41) is 9.58. The fourth-order valence-corrected chi connectivity index (χ4v) is 4.01. The minimum absolute atomic E-state index is 0.0482. The zero-order valence-electron chi connectivity index (χ0n) is 19.6. The van der Waals surface area contributed by atoms with Crippen molar-refractivity contribution in [3.05, 3.63) is 59.7 Å². The van der Waals surface area contributed by atoms with E-state index in [1.54, 1.807) is 25.1 Å². The molecule has 1 N–H and O–H groups in total. The van der Waals surface area contributed by atoms with Gasteiger partial charge in [0.25, 0.3) is 0 Å². The number of hydrogen-bond acceptors (Lipinski definition) is 5. The molecule has 11 heteroatoms. The lowest BCUT2D eigenvalue weighted by atomic mass is 9.93. The second kappa shape index (κ2) is 11.1. The van der Waals surface area contributed by atoms with Crippen LogP contribution < -0.4 is 4.74 Å². The highest BCUT2D eigenvalue weighted by atomic mass is 19.4. The molecule has 1 aliphatic heterocycles. The lowest BCUT2D eigenvalue weighted by Crippen LogP contribution is -2.59. The Balaban J connectivity index is 2.00. The first-order valence-corrected chi connectivity index (χ1v) is 11.0. The number of carboxylic acid groups (broad SMARTS) is 1. The first-order valence-electron chi connectivity index (χ1n) is 11.0. The average Bonchev–Trinajstić information content (AvgIpc) is 2.86. The number of rotatable bonds is 6. The van der Waals surface area contributed by atoms with Gasteiger partial charge in [0.2, 0.25) is 5.91 Å². The van der Waals surface area contributed by atoms with Crippen LogP contribution in [0.1, 0.15) is 18.1 Å². The third-order valence-electron chi connectivity index (χ3n) is 5.65. The summed E-state index contributed by atoms with van der Waals surface area (Å²) in [6.45, 7) is 1.64. The lowest BCUT2D eigenvalue weighted by Gasteiger charge is -2.38. The number of ether oxygens (including phenoxy) is 2. The molecule has 0 spiro atoms. The van der Waals surface area contributed by atoms with Crippen molar-refractivity contribution in [2.45, 2.75) is 19.1 Å². The molecule has 1 heterocycles. The van der Waals surface area contributed by atoms with Crippen molar-refractivity contribution in [1.82, 2.24) is 9.80 Å². The summed E-state index contributed by atoms with van der Waals surface area (Å²) in [5.41, 5.74) is -0.761. The van der Waals surface area contributed by atoms with Crippen LogP contribution in [-0.4, -0.2) is 72.3 Å². The molecule has 1 aliphatic rings. The van der Waals surface area contributed by atoms with Crippen molar-refractivity contribution >= 4 is 24.0 Å². The molecule has 3 rings (SSSR count). The van der Waals surface area contributed by atoms with E-state index in [1.807, 2.05) is 0 Å². The highest BCUT2D eigenvalue weighted by Gasteiger charge is 2.37. The molecule has 192 valence electrons. The summed E-state index contributed by atoms with van der Waals surface area (Å²) in [6.07, 6.45) is -3.14. The van der Waals surface area contributed by atoms with Gasteiger partial charge in [-0.05, 0) is 30.7 Å². The summed E-state index contributed by atoms with van der Waals surface area (Å²) >= 11 is 0. The van der Waals surface area contributed by atoms with E-state index >= 15 is 0 Å². The first kappa shape index (κ1) is 26.6. The Hall–Kier alpha value is -4.02. The maximum Gasteiger partial charge on any atom is 0.417 e. The van der Waals surface area contributed by atoms with Gasteiger partial charge >= 0.3 is 18.2 Å². The predicted octanol–water partition coefficient (Wildman–Crippen LogP) is 4.15. The Morgan fingerprint density at radius 2 is 1.83 bits per heavy atom. The lowest BCUT2D eigenvalue weighted by molar-refractivity contribution is -0.151. The van der Waals surface area contributed by atoms with Crippen LogP contribution in [0.15, 0.2) is 48.5 Å². The molecule has 0 aliphatic carbocycles. The SMILES string of the molecule is CCOc1ccccc1-c1c(/C=C/C(=O)N2CCN(C(=O)OC)CC2C(=O)O)cccc1C(F)(F)F. The maximum absolute atomic E-state index is 13.9. The number of hydrogen-bond donors (Lipinski definition) is 1. The molecular weight excluding hydrogens is 481 g/mol. The van der Waals surface area contributed by atoms with Crippen molar-refractivity contribution in [1.29, 1.82) is 0 Å². The number of benzene rings is 2. The second-order valence-electron chi connectivity index (χ2n) is 7.83.